The molecule has 3 N–H and O–H groups in total. The van der Waals surface area contributed by atoms with Crippen LogP contribution in [0.1, 0.15) is 22.3 Å². The number of hydrogen-bond acceptors (Lipinski definition) is 4. The van der Waals surface area contributed by atoms with Gasteiger partial charge in [0.15, 0.2) is 0 Å². The number of thiazole rings is 1. The monoisotopic (exact) mass is 393 g/mol. The van der Waals surface area contributed by atoms with Gasteiger partial charge in [0.2, 0.25) is 0 Å². The van der Waals surface area contributed by atoms with Crippen molar-refractivity contribution in [3.05, 3.63) is 48.4 Å². The Morgan fingerprint density at radius 3 is 2.89 bits per heavy atom. The summed E-state index contributed by atoms with van der Waals surface area (Å²) in [5, 5.41) is 3.89. The Bertz CT molecular complexity index is 544. The minimum absolute atomic E-state index is 0.0287. The molecule has 2 rings (SSSR count). The number of hydrogen-bond donors (Lipinski definition) is 2. The van der Waals surface area contributed by atoms with Crippen LogP contribution in [-0.2, 0) is 6.42 Å². The zero-order valence-electron chi connectivity index (χ0n) is 9.78. The third-order valence-electron chi connectivity index (χ3n) is 2.63. The molecule has 18 heavy (non-hydrogen) atoms. The summed E-state index contributed by atoms with van der Waals surface area (Å²) in [6.45, 7) is 2.00. The van der Waals surface area contributed by atoms with Crippen LogP contribution in [0.4, 0.5) is 0 Å². The van der Waals surface area contributed by atoms with E-state index in [0.29, 0.717) is 0 Å². The molecule has 1 aromatic heterocycles. The molecular weight excluding hydrogens is 381 g/mol. The van der Waals surface area contributed by atoms with Gasteiger partial charge in [-0.05, 0) is 47.2 Å². The number of aromatic nitrogens is 1. The van der Waals surface area contributed by atoms with Gasteiger partial charge in [0.25, 0.3) is 0 Å². The SMILES string of the molecule is Cc1nc(CC(NN)c2ccc(I)c(Cl)c2)cs1. The van der Waals surface area contributed by atoms with Gasteiger partial charge in [0.1, 0.15) is 0 Å². The molecule has 0 bridgehead atoms. The topological polar surface area (TPSA) is 50.9 Å². The lowest BCUT2D eigenvalue weighted by molar-refractivity contribution is 0.547. The molecule has 1 heterocycles. The lowest BCUT2D eigenvalue weighted by Crippen LogP contribution is -2.29. The van der Waals surface area contributed by atoms with E-state index in [1.54, 1.807) is 11.3 Å². The highest BCUT2D eigenvalue weighted by atomic mass is 127. The van der Waals surface area contributed by atoms with Crippen molar-refractivity contribution < 1.29 is 0 Å². The Morgan fingerprint density at radius 1 is 1.56 bits per heavy atom. The summed E-state index contributed by atoms with van der Waals surface area (Å²) >= 11 is 9.99. The fourth-order valence-electron chi connectivity index (χ4n) is 1.71. The Hall–Kier alpha value is -0.210. The van der Waals surface area contributed by atoms with Gasteiger partial charge in [-0.15, -0.1) is 11.3 Å². The van der Waals surface area contributed by atoms with E-state index in [0.717, 1.165) is 31.3 Å². The Labute approximate surface area is 129 Å². The van der Waals surface area contributed by atoms with E-state index in [2.05, 4.69) is 38.4 Å². The van der Waals surface area contributed by atoms with Crippen LogP contribution in [0, 0.1) is 10.5 Å². The summed E-state index contributed by atoms with van der Waals surface area (Å²) in [5.41, 5.74) is 4.95. The van der Waals surface area contributed by atoms with Crippen molar-refractivity contribution in [1.29, 1.82) is 0 Å². The van der Waals surface area contributed by atoms with E-state index in [4.69, 9.17) is 17.4 Å². The maximum atomic E-state index is 6.13. The largest absolute Gasteiger partial charge is 0.271 e. The van der Waals surface area contributed by atoms with Gasteiger partial charge < -0.3 is 0 Å². The van der Waals surface area contributed by atoms with Crippen LogP contribution < -0.4 is 11.3 Å². The van der Waals surface area contributed by atoms with Gasteiger partial charge in [0.05, 0.1) is 21.8 Å². The van der Waals surface area contributed by atoms with E-state index < -0.39 is 0 Å². The first-order chi connectivity index (χ1) is 8.60. The molecule has 0 radical (unpaired) electrons. The van der Waals surface area contributed by atoms with Crippen molar-refractivity contribution in [2.45, 2.75) is 19.4 Å². The van der Waals surface area contributed by atoms with Crippen molar-refractivity contribution in [3.8, 4) is 0 Å². The average molecular weight is 394 g/mol. The van der Waals surface area contributed by atoms with E-state index in [1.165, 1.54) is 0 Å². The molecule has 0 spiro atoms. The first kappa shape index (κ1) is 14.2. The normalized spacial score (nSPS) is 12.7. The number of rotatable bonds is 4. The van der Waals surface area contributed by atoms with E-state index in [-0.39, 0.29) is 6.04 Å². The van der Waals surface area contributed by atoms with Crippen LogP contribution >= 0.6 is 45.5 Å². The van der Waals surface area contributed by atoms with Crippen molar-refractivity contribution in [2.24, 2.45) is 5.84 Å². The van der Waals surface area contributed by atoms with Crippen molar-refractivity contribution in [2.75, 3.05) is 0 Å². The maximum absolute atomic E-state index is 6.13. The quantitative estimate of drug-likeness (QED) is 0.475. The number of nitrogens with zero attached hydrogens (tertiary/aromatic N) is 1. The van der Waals surface area contributed by atoms with Crippen LogP contribution in [-0.4, -0.2) is 4.98 Å². The summed E-state index contributed by atoms with van der Waals surface area (Å²) in [4.78, 5) is 4.45. The molecular formula is C12H13ClIN3S. The molecule has 0 saturated carbocycles. The Kier molecular flexibility index (Phi) is 4.97. The van der Waals surface area contributed by atoms with E-state index >= 15 is 0 Å². The van der Waals surface area contributed by atoms with Crippen LogP contribution in [0.5, 0.6) is 0 Å². The highest BCUT2D eigenvalue weighted by molar-refractivity contribution is 14.1. The zero-order chi connectivity index (χ0) is 13.1. The molecule has 0 aliphatic rings. The summed E-state index contributed by atoms with van der Waals surface area (Å²) in [6, 6.07) is 6.01. The standard InChI is InChI=1S/C12H13ClIN3S/c1-7-16-9(6-18-7)5-12(17-15)8-2-3-11(14)10(13)4-8/h2-4,6,12,17H,5,15H2,1H3. The lowest BCUT2D eigenvalue weighted by Gasteiger charge is -2.15. The number of hydrazine groups is 1. The molecule has 6 heteroatoms. The molecule has 1 unspecified atom stereocenters. The smallest absolute Gasteiger partial charge is 0.0897 e. The van der Waals surface area contributed by atoms with Gasteiger partial charge in [-0.3, -0.25) is 11.3 Å². The minimum Gasteiger partial charge on any atom is -0.271 e. The summed E-state index contributed by atoms with van der Waals surface area (Å²) < 4.78 is 1.04. The molecule has 96 valence electrons. The average Bonchev–Trinajstić information content (AvgIpc) is 2.75. The van der Waals surface area contributed by atoms with Gasteiger partial charge >= 0.3 is 0 Å². The van der Waals surface area contributed by atoms with E-state index in [1.807, 2.05) is 25.1 Å². The van der Waals surface area contributed by atoms with Gasteiger partial charge in [-0.2, -0.15) is 0 Å². The van der Waals surface area contributed by atoms with Crippen molar-refractivity contribution in [1.82, 2.24) is 10.4 Å². The Morgan fingerprint density at radius 2 is 2.33 bits per heavy atom. The number of nitrogens with one attached hydrogen (secondary N) is 1. The van der Waals surface area contributed by atoms with Gasteiger partial charge in [-0.25, -0.2) is 4.98 Å². The predicted octanol–water partition coefficient (Wildman–Crippen LogP) is 3.46. The Balaban J connectivity index is 2.19. The number of benzene rings is 1. The highest BCUT2D eigenvalue weighted by Gasteiger charge is 2.13. The van der Waals surface area contributed by atoms with Crippen LogP contribution in [0.25, 0.3) is 0 Å². The maximum Gasteiger partial charge on any atom is 0.0897 e. The lowest BCUT2D eigenvalue weighted by atomic mass is 10.0. The molecule has 2 aromatic rings. The molecule has 3 nitrogen and oxygen atoms in total. The van der Waals surface area contributed by atoms with Gasteiger partial charge in [-0.1, -0.05) is 17.7 Å². The third kappa shape index (κ3) is 3.42. The summed E-state index contributed by atoms with van der Waals surface area (Å²) in [7, 11) is 0. The third-order valence-corrected chi connectivity index (χ3v) is 5.02. The fraction of sp³-hybridized carbons (Fsp3) is 0.250. The van der Waals surface area contributed by atoms with Crippen LogP contribution in [0.2, 0.25) is 5.02 Å². The van der Waals surface area contributed by atoms with Crippen LogP contribution in [0.3, 0.4) is 0 Å². The summed E-state index contributed by atoms with van der Waals surface area (Å²) in [5.74, 6) is 5.63. The second-order valence-corrected chi connectivity index (χ2v) is 6.59. The zero-order valence-corrected chi connectivity index (χ0v) is 13.5. The second kappa shape index (κ2) is 6.29. The molecule has 0 aliphatic carbocycles. The van der Waals surface area contributed by atoms with Gasteiger partial charge in [0, 0.05) is 15.4 Å². The molecule has 1 aromatic carbocycles. The summed E-state index contributed by atoms with van der Waals surface area (Å²) in [6.07, 6.45) is 0.762. The molecule has 0 fully saturated rings. The fourth-order valence-corrected chi connectivity index (χ4v) is 2.86. The highest BCUT2D eigenvalue weighted by Crippen LogP contribution is 2.25. The number of aryl methyl sites for hydroxylation is 1. The molecule has 1 atom stereocenters. The van der Waals surface area contributed by atoms with E-state index in [9.17, 15) is 0 Å². The minimum atomic E-state index is 0.0287. The van der Waals surface area contributed by atoms with Crippen LogP contribution in [0.15, 0.2) is 23.6 Å². The molecule has 0 aliphatic heterocycles. The van der Waals surface area contributed by atoms with Crippen molar-refractivity contribution >= 4 is 45.5 Å². The first-order valence-electron chi connectivity index (χ1n) is 5.42. The molecule has 0 saturated heterocycles. The number of halogens is 2. The predicted molar refractivity (Wildman–Crippen MR) is 84.8 cm³/mol. The second-order valence-electron chi connectivity index (χ2n) is 3.95. The number of nitrogens with two attached hydrogens (primary N) is 1. The first-order valence-corrected chi connectivity index (χ1v) is 7.76. The molecule has 0 amide bonds. The van der Waals surface area contributed by atoms with Crippen molar-refractivity contribution in [3.63, 3.8) is 0 Å².